The lowest BCUT2D eigenvalue weighted by atomic mass is 10.2. The van der Waals surface area contributed by atoms with Gasteiger partial charge >= 0.3 is 0 Å². The van der Waals surface area contributed by atoms with Crippen LogP contribution in [0.1, 0.15) is 31.7 Å². The molecule has 1 heterocycles. The number of halogens is 2. The first-order chi connectivity index (χ1) is 11.4. The van der Waals surface area contributed by atoms with Gasteiger partial charge in [-0.25, -0.2) is 0 Å². The Morgan fingerprint density at radius 3 is 2.54 bits per heavy atom. The van der Waals surface area contributed by atoms with Crippen molar-refractivity contribution in [3.8, 4) is 0 Å². The Morgan fingerprint density at radius 2 is 1.96 bits per heavy atom. The van der Waals surface area contributed by atoms with Crippen molar-refractivity contribution < 1.29 is 4.79 Å². The predicted molar refractivity (Wildman–Crippen MR) is 98.4 cm³/mol. The van der Waals surface area contributed by atoms with Crippen molar-refractivity contribution in [2.45, 2.75) is 44.1 Å². The highest BCUT2D eigenvalue weighted by Crippen LogP contribution is 2.31. The summed E-state index contributed by atoms with van der Waals surface area (Å²) >= 11 is 14.0. The highest BCUT2D eigenvalue weighted by atomic mass is 35.5. The number of amides is 1. The third-order valence-corrected chi connectivity index (χ3v) is 5.04. The van der Waals surface area contributed by atoms with Crippen LogP contribution in [-0.2, 0) is 23.5 Å². The van der Waals surface area contributed by atoms with Crippen molar-refractivity contribution >= 4 is 40.9 Å². The molecule has 0 spiro atoms. The average Bonchev–Trinajstić information content (AvgIpc) is 2.86. The monoisotopic (exact) mass is 386 g/mol. The molecule has 2 N–H and O–H groups in total. The van der Waals surface area contributed by atoms with Gasteiger partial charge in [0.1, 0.15) is 5.82 Å². The first kappa shape index (κ1) is 19.1. The van der Waals surface area contributed by atoms with Gasteiger partial charge < -0.3 is 10.3 Å². The molecule has 0 unspecified atom stereocenters. The molecule has 0 aliphatic heterocycles. The van der Waals surface area contributed by atoms with Crippen molar-refractivity contribution in [1.82, 2.24) is 14.8 Å². The van der Waals surface area contributed by atoms with Gasteiger partial charge in [0.2, 0.25) is 5.91 Å². The molecule has 0 bridgehead atoms. The van der Waals surface area contributed by atoms with Gasteiger partial charge in [-0.05, 0) is 23.6 Å². The lowest BCUT2D eigenvalue weighted by molar-refractivity contribution is -0.118. The lowest BCUT2D eigenvalue weighted by Gasteiger charge is -2.12. The quantitative estimate of drug-likeness (QED) is 0.696. The van der Waals surface area contributed by atoms with E-state index in [2.05, 4.69) is 24.0 Å². The Labute approximate surface area is 155 Å². The molecular formula is C16H20Cl2N4OS. The first-order valence-corrected chi connectivity index (χ1v) is 9.38. The van der Waals surface area contributed by atoms with E-state index in [0.717, 1.165) is 23.1 Å². The summed E-state index contributed by atoms with van der Waals surface area (Å²) in [5.74, 6) is 1.46. The van der Waals surface area contributed by atoms with Gasteiger partial charge in [0.05, 0.1) is 0 Å². The second-order valence-electron chi connectivity index (χ2n) is 5.86. The molecule has 0 saturated carbocycles. The zero-order chi connectivity index (χ0) is 17.7. The molecule has 1 aromatic carbocycles. The Morgan fingerprint density at radius 1 is 1.29 bits per heavy atom. The van der Waals surface area contributed by atoms with Crippen LogP contribution >= 0.6 is 35.0 Å². The van der Waals surface area contributed by atoms with Crippen LogP contribution in [0.3, 0.4) is 0 Å². The summed E-state index contributed by atoms with van der Waals surface area (Å²) in [4.78, 5) is 11.0. The first-order valence-electron chi connectivity index (χ1n) is 7.64. The average molecular weight is 387 g/mol. The molecule has 8 heteroatoms. The van der Waals surface area contributed by atoms with Crippen LogP contribution in [0.25, 0.3) is 0 Å². The van der Waals surface area contributed by atoms with E-state index < -0.39 is 0 Å². The Balaban J connectivity index is 2.18. The second kappa shape index (κ2) is 8.74. The summed E-state index contributed by atoms with van der Waals surface area (Å²) in [7, 11) is 0. The van der Waals surface area contributed by atoms with E-state index in [4.69, 9.17) is 28.9 Å². The zero-order valence-electron chi connectivity index (χ0n) is 13.6. The molecule has 0 saturated heterocycles. The maximum absolute atomic E-state index is 11.0. The van der Waals surface area contributed by atoms with E-state index >= 15 is 0 Å². The molecule has 2 rings (SSSR count). The molecule has 0 aliphatic rings. The van der Waals surface area contributed by atoms with E-state index in [-0.39, 0.29) is 12.3 Å². The van der Waals surface area contributed by atoms with Gasteiger partial charge in [0.15, 0.2) is 5.16 Å². The van der Waals surface area contributed by atoms with Crippen LogP contribution in [-0.4, -0.2) is 20.7 Å². The molecule has 0 atom stereocenters. The van der Waals surface area contributed by atoms with Crippen LogP contribution in [0.2, 0.25) is 10.0 Å². The van der Waals surface area contributed by atoms with Gasteiger partial charge in [-0.15, -0.1) is 10.2 Å². The van der Waals surface area contributed by atoms with Gasteiger partial charge in [0.25, 0.3) is 0 Å². The van der Waals surface area contributed by atoms with Crippen molar-refractivity contribution in [3.63, 3.8) is 0 Å². The fourth-order valence-corrected chi connectivity index (χ4v) is 3.91. The molecule has 0 aliphatic carbocycles. The molecule has 0 radical (unpaired) electrons. The standard InChI is InChI=1S/C16H20Cl2N4OS/c1-10(2)8-22-15(7-6-14(19)23)20-21-16(22)24-9-11-12(17)4-3-5-13(11)18/h3-5,10H,6-9H2,1-2H3,(H2,19,23). The summed E-state index contributed by atoms with van der Waals surface area (Å²) in [6.45, 7) is 5.02. The number of benzene rings is 1. The van der Waals surface area contributed by atoms with Gasteiger partial charge in [-0.2, -0.15) is 0 Å². The molecule has 130 valence electrons. The van der Waals surface area contributed by atoms with E-state index in [1.807, 2.05) is 22.8 Å². The number of hydrogen-bond donors (Lipinski definition) is 1. The van der Waals surface area contributed by atoms with E-state index in [9.17, 15) is 4.79 Å². The Kier molecular flexibility index (Phi) is 6.95. The number of nitrogens with zero attached hydrogens (tertiary/aromatic N) is 3. The smallest absolute Gasteiger partial charge is 0.217 e. The van der Waals surface area contributed by atoms with Gasteiger partial charge in [-0.3, -0.25) is 4.79 Å². The minimum Gasteiger partial charge on any atom is -0.370 e. The number of primary amides is 1. The molecule has 0 fully saturated rings. The predicted octanol–water partition coefficient (Wildman–Crippen LogP) is 3.95. The third-order valence-electron chi connectivity index (χ3n) is 3.34. The summed E-state index contributed by atoms with van der Waals surface area (Å²) in [6, 6.07) is 5.46. The highest BCUT2D eigenvalue weighted by Gasteiger charge is 2.16. The number of hydrogen-bond acceptors (Lipinski definition) is 4. The van der Waals surface area contributed by atoms with Crippen molar-refractivity contribution in [2.75, 3.05) is 0 Å². The third kappa shape index (κ3) is 5.13. The molecular weight excluding hydrogens is 367 g/mol. The zero-order valence-corrected chi connectivity index (χ0v) is 16.0. The van der Waals surface area contributed by atoms with Crippen molar-refractivity contribution in [3.05, 3.63) is 39.6 Å². The maximum Gasteiger partial charge on any atom is 0.217 e. The number of rotatable bonds is 8. The number of carbonyl (C=O) groups is 1. The highest BCUT2D eigenvalue weighted by molar-refractivity contribution is 7.98. The number of carbonyl (C=O) groups excluding carboxylic acids is 1. The molecule has 5 nitrogen and oxygen atoms in total. The number of aromatic nitrogens is 3. The SMILES string of the molecule is CC(C)Cn1c(CCC(N)=O)nnc1SCc1c(Cl)cccc1Cl. The van der Waals surface area contributed by atoms with Crippen LogP contribution in [0.4, 0.5) is 0 Å². The van der Waals surface area contributed by atoms with Crippen LogP contribution in [0.5, 0.6) is 0 Å². The molecule has 1 aromatic heterocycles. The van der Waals surface area contributed by atoms with E-state index in [1.165, 1.54) is 11.8 Å². The number of thioether (sulfide) groups is 1. The fourth-order valence-electron chi connectivity index (χ4n) is 2.20. The summed E-state index contributed by atoms with van der Waals surface area (Å²) in [5.41, 5.74) is 6.11. The largest absolute Gasteiger partial charge is 0.370 e. The summed E-state index contributed by atoms with van der Waals surface area (Å²) < 4.78 is 2.04. The minimum absolute atomic E-state index is 0.261. The lowest BCUT2D eigenvalue weighted by Crippen LogP contribution is -2.15. The van der Waals surface area contributed by atoms with E-state index in [0.29, 0.717) is 28.1 Å². The van der Waals surface area contributed by atoms with E-state index in [1.54, 1.807) is 0 Å². The topological polar surface area (TPSA) is 73.8 Å². The van der Waals surface area contributed by atoms with Gasteiger partial charge in [0, 0.05) is 35.2 Å². The Hall–Kier alpha value is -1.24. The second-order valence-corrected chi connectivity index (χ2v) is 7.62. The van der Waals surface area contributed by atoms with Crippen molar-refractivity contribution in [1.29, 1.82) is 0 Å². The van der Waals surface area contributed by atoms with Crippen molar-refractivity contribution in [2.24, 2.45) is 11.7 Å². The summed E-state index contributed by atoms with van der Waals surface area (Å²) in [6.07, 6.45) is 0.750. The number of nitrogens with two attached hydrogens (primary N) is 1. The normalized spacial score (nSPS) is 11.2. The molecule has 1 amide bonds. The molecule has 24 heavy (non-hydrogen) atoms. The fraction of sp³-hybridized carbons (Fsp3) is 0.438. The van der Waals surface area contributed by atoms with Gasteiger partial charge in [-0.1, -0.05) is 54.9 Å². The van der Waals surface area contributed by atoms with Crippen LogP contribution in [0, 0.1) is 5.92 Å². The van der Waals surface area contributed by atoms with Crippen LogP contribution in [0.15, 0.2) is 23.4 Å². The molecule has 2 aromatic rings. The minimum atomic E-state index is -0.342. The van der Waals surface area contributed by atoms with Crippen LogP contribution < -0.4 is 5.73 Å². The number of aryl methyl sites for hydroxylation is 1. The maximum atomic E-state index is 11.0. The summed E-state index contributed by atoms with van der Waals surface area (Å²) in [5, 5.41) is 10.5. The Bertz CT molecular complexity index is 698.